The largest absolute Gasteiger partial charge is 0.375 e. The van der Waals surface area contributed by atoms with Crippen LogP contribution in [-0.4, -0.2) is 24.2 Å². The molecular formula is C9H17ClN2O. The number of carbonyl (C=O) groups excluding carboxylic acids is 1. The number of alkyl halides is 1. The van der Waals surface area contributed by atoms with Crippen LogP contribution in [0.3, 0.4) is 0 Å². The second-order valence-electron chi connectivity index (χ2n) is 3.44. The van der Waals surface area contributed by atoms with Gasteiger partial charge in [-0.15, -0.1) is 11.6 Å². The normalized spacial score (nSPS) is 15.0. The molecule has 4 heteroatoms. The van der Waals surface area contributed by atoms with Crippen LogP contribution in [0.1, 0.15) is 20.8 Å². The van der Waals surface area contributed by atoms with Gasteiger partial charge >= 0.3 is 0 Å². The van der Waals surface area contributed by atoms with Gasteiger partial charge in [-0.2, -0.15) is 0 Å². The molecule has 0 fully saturated rings. The van der Waals surface area contributed by atoms with Gasteiger partial charge in [-0.3, -0.25) is 0 Å². The first-order valence-corrected chi connectivity index (χ1v) is 4.58. The first-order chi connectivity index (χ1) is 5.89. The van der Waals surface area contributed by atoms with Crippen molar-refractivity contribution in [2.24, 2.45) is 0 Å². The average molecular weight is 205 g/mol. The van der Waals surface area contributed by atoms with Crippen molar-refractivity contribution in [3.8, 4) is 0 Å². The van der Waals surface area contributed by atoms with Gasteiger partial charge in [0.15, 0.2) is 0 Å². The molecule has 0 aliphatic rings. The summed E-state index contributed by atoms with van der Waals surface area (Å²) in [5, 5.41) is 5.90. The van der Waals surface area contributed by atoms with Crippen molar-refractivity contribution in [2.45, 2.75) is 31.7 Å². The Hall–Kier alpha value is -0.700. The Morgan fingerprint density at radius 1 is 1.54 bits per heavy atom. The van der Waals surface area contributed by atoms with Gasteiger partial charge in [-0.25, -0.2) is 0 Å². The lowest BCUT2D eigenvalue weighted by molar-refractivity contribution is -0.109. The molecular weight excluding hydrogens is 188 g/mol. The number of allylic oxidation sites excluding steroid dienone is 1. The van der Waals surface area contributed by atoms with Gasteiger partial charge in [-0.05, 0) is 26.8 Å². The number of hydrogen-bond acceptors (Lipinski definition) is 3. The Balaban J connectivity index is 4.34. The molecule has 0 bridgehead atoms. The zero-order chi connectivity index (χ0) is 10.5. The van der Waals surface area contributed by atoms with E-state index in [1.54, 1.807) is 14.0 Å². The van der Waals surface area contributed by atoms with E-state index in [0.29, 0.717) is 0 Å². The fourth-order valence-corrected chi connectivity index (χ4v) is 0.918. The summed E-state index contributed by atoms with van der Waals surface area (Å²) in [6.45, 7) is 5.53. The van der Waals surface area contributed by atoms with Crippen molar-refractivity contribution in [3.05, 3.63) is 11.9 Å². The summed E-state index contributed by atoms with van der Waals surface area (Å²) in [6, 6.07) is -0.210. The first-order valence-electron chi connectivity index (χ1n) is 4.20. The fraction of sp³-hybridized carbons (Fsp3) is 0.667. The molecule has 1 atom stereocenters. The number of aldehydes is 1. The van der Waals surface area contributed by atoms with Gasteiger partial charge in [0.1, 0.15) is 6.29 Å². The van der Waals surface area contributed by atoms with Crippen molar-refractivity contribution in [1.82, 2.24) is 10.6 Å². The lowest BCUT2D eigenvalue weighted by Gasteiger charge is -2.17. The van der Waals surface area contributed by atoms with Gasteiger partial charge in [0.25, 0.3) is 0 Å². The molecule has 0 spiro atoms. The molecule has 76 valence electrons. The molecule has 0 rings (SSSR count). The van der Waals surface area contributed by atoms with E-state index in [-0.39, 0.29) is 6.04 Å². The van der Waals surface area contributed by atoms with Gasteiger partial charge < -0.3 is 15.4 Å². The minimum absolute atomic E-state index is 0.210. The van der Waals surface area contributed by atoms with Crippen LogP contribution in [0.5, 0.6) is 0 Å². The molecule has 0 radical (unpaired) electrons. The average Bonchev–Trinajstić information content (AvgIpc) is 2.00. The van der Waals surface area contributed by atoms with Gasteiger partial charge in [0.05, 0.1) is 16.7 Å². The van der Waals surface area contributed by atoms with E-state index in [2.05, 4.69) is 10.6 Å². The molecule has 0 aromatic carbocycles. The van der Waals surface area contributed by atoms with Crippen LogP contribution in [-0.2, 0) is 4.79 Å². The zero-order valence-corrected chi connectivity index (χ0v) is 9.27. The molecule has 0 aromatic heterocycles. The van der Waals surface area contributed by atoms with E-state index in [9.17, 15) is 4.79 Å². The van der Waals surface area contributed by atoms with Crippen LogP contribution in [0.25, 0.3) is 0 Å². The first kappa shape index (κ1) is 12.3. The summed E-state index contributed by atoms with van der Waals surface area (Å²) in [4.78, 5) is 9.95. The summed E-state index contributed by atoms with van der Waals surface area (Å²) in [5.41, 5.74) is 0. The lowest BCUT2D eigenvalue weighted by atomic mass is 10.2. The standard InChI is InChI=1S/C9H17ClN2O/c1-7(6-13)12-8(11-4)5-9(2,3)10/h5-7,11-12H,1-4H3/b8-5-/t7-/m0/s1. The summed E-state index contributed by atoms with van der Waals surface area (Å²) in [5.74, 6) is 0.764. The molecule has 0 aliphatic heterocycles. The minimum atomic E-state index is -0.423. The highest BCUT2D eigenvalue weighted by Gasteiger charge is 2.11. The van der Waals surface area contributed by atoms with Crippen molar-refractivity contribution < 1.29 is 4.79 Å². The maximum absolute atomic E-state index is 10.4. The fourth-order valence-electron chi connectivity index (χ4n) is 0.809. The third-order valence-corrected chi connectivity index (χ3v) is 1.45. The SMILES string of the molecule is CN/C(=C/C(C)(C)Cl)N[C@@H](C)C=O. The predicted molar refractivity (Wildman–Crippen MR) is 55.7 cm³/mol. The second-order valence-corrected chi connectivity index (χ2v) is 4.42. The zero-order valence-electron chi connectivity index (χ0n) is 8.52. The second kappa shape index (κ2) is 5.12. The maximum atomic E-state index is 10.4. The van der Waals surface area contributed by atoms with E-state index in [1.807, 2.05) is 19.9 Å². The monoisotopic (exact) mass is 204 g/mol. The van der Waals surface area contributed by atoms with Crippen molar-refractivity contribution in [1.29, 1.82) is 0 Å². The van der Waals surface area contributed by atoms with Gasteiger partial charge in [0.2, 0.25) is 0 Å². The van der Waals surface area contributed by atoms with Gasteiger partial charge in [-0.1, -0.05) is 0 Å². The molecule has 0 saturated heterocycles. The van der Waals surface area contributed by atoms with Crippen LogP contribution in [0.4, 0.5) is 0 Å². The van der Waals surface area contributed by atoms with E-state index in [1.165, 1.54) is 0 Å². The van der Waals surface area contributed by atoms with Crippen molar-refractivity contribution >= 4 is 17.9 Å². The van der Waals surface area contributed by atoms with Crippen molar-refractivity contribution in [3.63, 3.8) is 0 Å². The Morgan fingerprint density at radius 2 is 2.08 bits per heavy atom. The number of carbonyl (C=O) groups is 1. The van der Waals surface area contributed by atoms with E-state index in [4.69, 9.17) is 11.6 Å². The molecule has 13 heavy (non-hydrogen) atoms. The smallest absolute Gasteiger partial charge is 0.141 e. The summed E-state index contributed by atoms with van der Waals surface area (Å²) in [6.07, 6.45) is 2.67. The molecule has 2 N–H and O–H groups in total. The summed E-state index contributed by atoms with van der Waals surface area (Å²) < 4.78 is 0. The highest BCUT2D eigenvalue weighted by atomic mass is 35.5. The van der Waals surface area contributed by atoms with Crippen LogP contribution in [0.15, 0.2) is 11.9 Å². The van der Waals surface area contributed by atoms with Gasteiger partial charge in [0, 0.05) is 7.05 Å². The highest BCUT2D eigenvalue weighted by Crippen LogP contribution is 2.14. The van der Waals surface area contributed by atoms with Crippen LogP contribution >= 0.6 is 11.6 Å². The maximum Gasteiger partial charge on any atom is 0.141 e. The van der Waals surface area contributed by atoms with Crippen LogP contribution < -0.4 is 10.6 Å². The third-order valence-electron chi connectivity index (χ3n) is 1.34. The quantitative estimate of drug-likeness (QED) is 0.523. The molecule has 0 aromatic rings. The Kier molecular flexibility index (Phi) is 4.85. The predicted octanol–water partition coefficient (Wildman–Crippen LogP) is 1.24. The Morgan fingerprint density at radius 3 is 2.38 bits per heavy atom. The molecule has 3 nitrogen and oxygen atoms in total. The van der Waals surface area contributed by atoms with E-state index >= 15 is 0 Å². The number of hydrogen-bond donors (Lipinski definition) is 2. The molecule has 0 saturated carbocycles. The van der Waals surface area contributed by atoms with E-state index in [0.717, 1.165) is 12.1 Å². The molecule has 0 aliphatic carbocycles. The Labute approximate surface area is 84.5 Å². The molecule has 0 heterocycles. The van der Waals surface area contributed by atoms with E-state index < -0.39 is 4.87 Å². The molecule has 0 unspecified atom stereocenters. The summed E-state index contributed by atoms with van der Waals surface area (Å²) >= 11 is 5.99. The number of rotatable bonds is 5. The van der Waals surface area contributed by atoms with Crippen LogP contribution in [0, 0.1) is 0 Å². The summed E-state index contributed by atoms with van der Waals surface area (Å²) in [7, 11) is 1.78. The number of halogens is 1. The van der Waals surface area contributed by atoms with Crippen LogP contribution in [0.2, 0.25) is 0 Å². The topological polar surface area (TPSA) is 41.1 Å². The lowest BCUT2D eigenvalue weighted by Crippen LogP contribution is -2.33. The number of nitrogens with one attached hydrogen (secondary N) is 2. The third kappa shape index (κ3) is 6.46. The minimum Gasteiger partial charge on any atom is -0.375 e. The highest BCUT2D eigenvalue weighted by molar-refractivity contribution is 6.24. The Bertz CT molecular complexity index is 196. The van der Waals surface area contributed by atoms with Crippen molar-refractivity contribution in [2.75, 3.05) is 7.05 Å². The molecule has 0 amide bonds.